The number of hydrogen-bond acceptors (Lipinski definition) is 8. The van der Waals surface area contributed by atoms with E-state index in [2.05, 4.69) is 23.6 Å². The van der Waals surface area contributed by atoms with E-state index in [1.807, 2.05) is 33.1 Å². The van der Waals surface area contributed by atoms with Gasteiger partial charge in [-0.25, -0.2) is 4.79 Å². The summed E-state index contributed by atoms with van der Waals surface area (Å²) in [5, 5.41) is 0. The molecule has 0 heterocycles. The Morgan fingerprint density at radius 3 is 1.26 bits per heavy atom. The molecule has 0 aliphatic carbocycles. The van der Waals surface area contributed by atoms with Crippen molar-refractivity contribution < 1.29 is 28.6 Å². The minimum absolute atomic E-state index is 0.145. The standard InChI is InChI=1S/C38H75N3O6/c1-7-9-11-13-15-17-19-27-36(42)45-33-21-25-35(26-22-34-46-37(43)28-20-18-16-14-12-10-8-2)47-38(44)41(31-23-29-39(3)4)32-24-30-40(5)6/h35H,7-34H2,1-6H3. The lowest BCUT2D eigenvalue weighted by molar-refractivity contribution is -0.144. The molecular formula is C38H75N3O6. The van der Waals surface area contributed by atoms with Gasteiger partial charge in [0, 0.05) is 25.9 Å². The Labute approximate surface area is 289 Å². The number of carbonyl (C=O) groups excluding carboxylic acids is 3. The van der Waals surface area contributed by atoms with E-state index in [9.17, 15) is 14.4 Å². The molecule has 0 aliphatic rings. The topological polar surface area (TPSA) is 88.6 Å². The summed E-state index contributed by atoms with van der Waals surface area (Å²) in [7, 11) is 8.14. The smallest absolute Gasteiger partial charge is 0.410 e. The molecule has 0 spiro atoms. The van der Waals surface area contributed by atoms with Gasteiger partial charge >= 0.3 is 18.0 Å². The van der Waals surface area contributed by atoms with E-state index in [0.717, 1.165) is 51.6 Å². The van der Waals surface area contributed by atoms with E-state index < -0.39 is 0 Å². The average Bonchev–Trinajstić information content (AvgIpc) is 3.02. The van der Waals surface area contributed by atoms with E-state index >= 15 is 0 Å². The van der Waals surface area contributed by atoms with Gasteiger partial charge in [0.1, 0.15) is 6.10 Å². The molecule has 0 atom stereocenters. The first-order valence-corrected chi connectivity index (χ1v) is 19.3. The number of rotatable bonds is 33. The summed E-state index contributed by atoms with van der Waals surface area (Å²) >= 11 is 0. The van der Waals surface area contributed by atoms with Crippen LogP contribution < -0.4 is 0 Å². The maximum Gasteiger partial charge on any atom is 0.410 e. The Balaban J connectivity index is 4.80. The van der Waals surface area contributed by atoms with Gasteiger partial charge in [-0.2, -0.15) is 0 Å². The largest absolute Gasteiger partial charge is 0.466 e. The van der Waals surface area contributed by atoms with E-state index in [1.54, 1.807) is 0 Å². The second-order valence-electron chi connectivity index (χ2n) is 13.8. The van der Waals surface area contributed by atoms with Gasteiger partial charge in [-0.15, -0.1) is 0 Å². The predicted molar refractivity (Wildman–Crippen MR) is 194 cm³/mol. The second kappa shape index (κ2) is 32.7. The van der Waals surface area contributed by atoms with Crippen molar-refractivity contribution in [2.45, 2.75) is 161 Å². The van der Waals surface area contributed by atoms with Gasteiger partial charge in [0.05, 0.1) is 13.2 Å². The van der Waals surface area contributed by atoms with Gasteiger partial charge in [0.25, 0.3) is 0 Å². The molecule has 0 aromatic rings. The van der Waals surface area contributed by atoms with Crippen molar-refractivity contribution in [1.82, 2.24) is 14.7 Å². The Kier molecular flexibility index (Phi) is 31.4. The maximum atomic E-state index is 13.4. The molecule has 0 bridgehead atoms. The lowest BCUT2D eigenvalue weighted by atomic mass is 10.1. The maximum absolute atomic E-state index is 13.4. The highest BCUT2D eigenvalue weighted by Crippen LogP contribution is 2.15. The van der Waals surface area contributed by atoms with Crippen LogP contribution in [0.5, 0.6) is 0 Å². The van der Waals surface area contributed by atoms with Gasteiger partial charge in [0.2, 0.25) is 0 Å². The second-order valence-corrected chi connectivity index (χ2v) is 13.8. The Morgan fingerprint density at radius 1 is 0.489 bits per heavy atom. The number of ether oxygens (including phenoxy) is 3. The van der Waals surface area contributed by atoms with E-state index in [0.29, 0.717) is 64.8 Å². The first-order valence-electron chi connectivity index (χ1n) is 19.3. The molecule has 0 N–H and O–H groups in total. The summed E-state index contributed by atoms with van der Waals surface area (Å²) in [5.74, 6) is -0.291. The summed E-state index contributed by atoms with van der Waals surface area (Å²) in [6.45, 7) is 8.16. The molecule has 0 aromatic carbocycles. The van der Waals surface area contributed by atoms with Crippen LogP contribution in [0.4, 0.5) is 4.79 Å². The summed E-state index contributed by atoms with van der Waals surface area (Å²) in [6, 6.07) is 0. The normalized spacial score (nSPS) is 11.4. The predicted octanol–water partition coefficient (Wildman–Crippen LogP) is 8.63. The van der Waals surface area contributed by atoms with Crippen molar-refractivity contribution in [1.29, 1.82) is 0 Å². The van der Waals surface area contributed by atoms with Crippen LogP contribution in [0.1, 0.15) is 155 Å². The van der Waals surface area contributed by atoms with E-state index in [1.165, 1.54) is 64.2 Å². The molecule has 0 unspecified atom stereocenters. The molecule has 0 aromatic heterocycles. The van der Waals surface area contributed by atoms with Crippen LogP contribution in [0.2, 0.25) is 0 Å². The number of amides is 1. The van der Waals surface area contributed by atoms with E-state index in [-0.39, 0.29) is 24.1 Å². The van der Waals surface area contributed by atoms with Crippen LogP contribution in [0.25, 0.3) is 0 Å². The fraction of sp³-hybridized carbons (Fsp3) is 0.921. The molecule has 1 amide bonds. The van der Waals surface area contributed by atoms with Crippen LogP contribution in [0, 0.1) is 0 Å². The molecule has 9 heteroatoms. The van der Waals surface area contributed by atoms with Gasteiger partial charge < -0.3 is 28.9 Å². The van der Waals surface area contributed by atoms with Gasteiger partial charge in [-0.1, -0.05) is 90.9 Å². The van der Waals surface area contributed by atoms with Crippen LogP contribution >= 0.6 is 0 Å². The molecule has 0 radical (unpaired) electrons. The molecule has 0 fully saturated rings. The zero-order chi connectivity index (χ0) is 35.0. The van der Waals surface area contributed by atoms with Crippen molar-refractivity contribution in [3.8, 4) is 0 Å². The van der Waals surface area contributed by atoms with Gasteiger partial charge in [0.15, 0.2) is 0 Å². The number of nitrogens with zero attached hydrogens (tertiary/aromatic N) is 3. The van der Waals surface area contributed by atoms with Crippen LogP contribution in [-0.4, -0.2) is 106 Å². The SMILES string of the molecule is CCCCCCCCCC(=O)OCCCC(CCCOC(=O)CCCCCCCCC)OC(=O)N(CCCN(C)C)CCCN(C)C. The lowest BCUT2D eigenvalue weighted by Gasteiger charge is -2.27. The zero-order valence-corrected chi connectivity index (χ0v) is 31.7. The number of carbonyl (C=O) groups is 3. The number of hydrogen-bond donors (Lipinski definition) is 0. The Hall–Kier alpha value is -1.87. The number of esters is 2. The summed E-state index contributed by atoms with van der Waals surface area (Å²) in [4.78, 5) is 43.9. The fourth-order valence-electron chi connectivity index (χ4n) is 5.52. The number of unbranched alkanes of at least 4 members (excludes halogenated alkanes) is 12. The third kappa shape index (κ3) is 31.2. The lowest BCUT2D eigenvalue weighted by Crippen LogP contribution is -2.38. The van der Waals surface area contributed by atoms with Crippen LogP contribution in [-0.2, 0) is 23.8 Å². The Morgan fingerprint density at radius 2 is 0.872 bits per heavy atom. The monoisotopic (exact) mass is 670 g/mol. The highest BCUT2D eigenvalue weighted by atomic mass is 16.6. The highest BCUT2D eigenvalue weighted by molar-refractivity contribution is 5.69. The van der Waals surface area contributed by atoms with Crippen LogP contribution in [0.15, 0.2) is 0 Å². The summed E-state index contributed by atoms with van der Waals surface area (Å²) in [6.07, 6.45) is 20.8. The van der Waals surface area contributed by atoms with Gasteiger partial charge in [-0.05, 0) is 92.6 Å². The third-order valence-electron chi connectivity index (χ3n) is 8.43. The fourth-order valence-corrected chi connectivity index (χ4v) is 5.52. The van der Waals surface area contributed by atoms with Crippen LogP contribution in [0.3, 0.4) is 0 Å². The molecular weight excluding hydrogens is 594 g/mol. The summed E-state index contributed by atoms with van der Waals surface area (Å²) in [5.41, 5.74) is 0. The average molecular weight is 670 g/mol. The minimum atomic E-state index is -0.323. The van der Waals surface area contributed by atoms with Crippen molar-refractivity contribution in [2.24, 2.45) is 0 Å². The van der Waals surface area contributed by atoms with Crippen molar-refractivity contribution in [2.75, 3.05) is 67.6 Å². The first kappa shape index (κ1) is 45.1. The zero-order valence-electron chi connectivity index (χ0n) is 31.7. The quantitative estimate of drug-likeness (QED) is 0.0390. The third-order valence-corrected chi connectivity index (χ3v) is 8.43. The molecule has 47 heavy (non-hydrogen) atoms. The minimum Gasteiger partial charge on any atom is -0.466 e. The van der Waals surface area contributed by atoms with E-state index in [4.69, 9.17) is 14.2 Å². The first-order chi connectivity index (χ1) is 22.7. The molecule has 0 saturated heterocycles. The summed E-state index contributed by atoms with van der Waals surface area (Å²) < 4.78 is 17.1. The van der Waals surface area contributed by atoms with Crippen molar-refractivity contribution in [3.63, 3.8) is 0 Å². The molecule has 9 nitrogen and oxygen atoms in total. The van der Waals surface area contributed by atoms with Gasteiger partial charge in [-0.3, -0.25) is 9.59 Å². The Bertz CT molecular complexity index is 697. The molecule has 278 valence electrons. The highest BCUT2D eigenvalue weighted by Gasteiger charge is 2.21. The van der Waals surface area contributed by atoms with Crippen molar-refractivity contribution >= 4 is 18.0 Å². The molecule has 0 aliphatic heterocycles. The molecule has 0 rings (SSSR count). The van der Waals surface area contributed by atoms with Crippen molar-refractivity contribution in [3.05, 3.63) is 0 Å². The molecule has 0 saturated carbocycles.